The molecule has 2 saturated heterocycles. The number of amides is 3. The second kappa shape index (κ2) is 12.5. The van der Waals surface area contributed by atoms with Crippen LogP contribution < -0.4 is 14.8 Å². The van der Waals surface area contributed by atoms with E-state index in [9.17, 15) is 14.4 Å². The minimum Gasteiger partial charge on any atom is -0.448 e. The van der Waals surface area contributed by atoms with Crippen molar-refractivity contribution < 1.29 is 28.6 Å². The first kappa shape index (κ1) is 27.6. The van der Waals surface area contributed by atoms with Gasteiger partial charge in [0, 0.05) is 38.2 Å². The minimum atomic E-state index is -0.676. The van der Waals surface area contributed by atoms with Gasteiger partial charge in [-0.15, -0.1) is 0 Å². The number of hydrogen-bond donors (Lipinski definition) is 1. The number of rotatable bonds is 5. The van der Waals surface area contributed by atoms with Crippen LogP contribution in [0.4, 0.5) is 20.1 Å². The maximum Gasteiger partial charge on any atom is 0.415 e. The number of nitrogens with zero attached hydrogens (tertiary/aromatic N) is 2. The Morgan fingerprint density at radius 1 is 0.690 bits per heavy atom. The van der Waals surface area contributed by atoms with Crippen LogP contribution in [0.5, 0.6) is 11.5 Å². The van der Waals surface area contributed by atoms with Crippen LogP contribution in [0.3, 0.4) is 0 Å². The number of benzene rings is 3. The molecule has 1 aliphatic carbocycles. The zero-order chi connectivity index (χ0) is 28.9. The van der Waals surface area contributed by atoms with Gasteiger partial charge in [0.05, 0.1) is 5.69 Å². The maximum atomic E-state index is 13.0. The molecule has 0 aromatic heterocycles. The molecule has 3 aromatic carbocycles. The second-order valence-corrected chi connectivity index (χ2v) is 10.9. The van der Waals surface area contributed by atoms with Crippen LogP contribution >= 0.6 is 0 Å². The molecule has 218 valence electrons. The van der Waals surface area contributed by atoms with Crippen LogP contribution in [0.25, 0.3) is 11.1 Å². The Morgan fingerprint density at radius 2 is 1.24 bits per heavy atom. The molecule has 0 bridgehead atoms. The molecule has 9 heteroatoms. The number of likely N-dealkylation sites (tertiary alicyclic amines) is 2. The van der Waals surface area contributed by atoms with E-state index in [-0.39, 0.29) is 29.7 Å². The fourth-order valence-electron chi connectivity index (χ4n) is 5.98. The average molecular weight is 570 g/mol. The first-order chi connectivity index (χ1) is 20.6. The number of ether oxygens (including phenoxy) is 3. The van der Waals surface area contributed by atoms with Crippen molar-refractivity contribution in [2.24, 2.45) is 0 Å². The molecule has 0 saturated carbocycles. The van der Waals surface area contributed by atoms with Crippen molar-refractivity contribution in [3.8, 4) is 22.6 Å². The van der Waals surface area contributed by atoms with Crippen molar-refractivity contribution in [2.45, 2.75) is 44.4 Å². The van der Waals surface area contributed by atoms with Crippen molar-refractivity contribution in [1.29, 1.82) is 0 Å². The van der Waals surface area contributed by atoms with Gasteiger partial charge in [-0.25, -0.2) is 14.4 Å². The maximum absolute atomic E-state index is 13.0. The Kier molecular flexibility index (Phi) is 8.26. The largest absolute Gasteiger partial charge is 0.448 e. The minimum absolute atomic E-state index is 0.0861. The topological polar surface area (TPSA) is 97.4 Å². The number of carbonyl (C=O) groups is 3. The van der Waals surface area contributed by atoms with E-state index in [1.54, 1.807) is 21.9 Å². The summed E-state index contributed by atoms with van der Waals surface area (Å²) in [7, 11) is 0. The zero-order valence-corrected chi connectivity index (χ0v) is 23.6. The van der Waals surface area contributed by atoms with Gasteiger partial charge in [-0.1, -0.05) is 48.5 Å². The molecule has 3 aromatic rings. The lowest BCUT2D eigenvalue weighted by Gasteiger charge is -2.27. The molecule has 9 nitrogen and oxygen atoms in total. The molecular weight excluding hydrogens is 534 g/mol. The Bertz CT molecular complexity index is 1420. The summed E-state index contributed by atoms with van der Waals surface area (Å²) < 4.78 is 17.0. The van der Waals surface area contributed by atoms with E-state index in [1.165, 1.54) is 6.07 Å². The third-order valence-corrected chi connectivity index (χ3v) is 8.16. The molecule has 3 aliphatic rings. The first-order valence-corrected chi connectivity index (χ1v) is 14.8. The molecule has 0 unspecified atom stereocenters. The van der Waals surface area contributed by atoms with Gasteiger partial charge < -0.3 is 24.0 Å². The van der Waals surface area contributed by atoms with E-state index in [0.29, 0.717) is 26.2 Å². The normalized spacial score (nSPS) is 16.3. The summed E-state index contributed by atoms with van der Waals surface area (Å²) in [6.07, 6.45) is 4.24. The number of hydrogen-bond acceptors (Lipinski definition) is 6. The lowest BCUT2D eigenvalue weighted by Crippen LogP contribution is -2.38. The fourth-order valence-corrected chi connectivity index (χ4v) is 5.98. The van der Waals surface area contributed by atoms with Gasteiger partial charge in [-0.05, 0) is 72.9 Å². The molecule has 42 heavy (non-hydrogen) atoms. The van der Waals surface area contributed by atoms with Crippen molar-refractivity contribution in [3.63, 3.8) is 0 Å². The Morgan fingerprint density at radius 3 is 1.83 bits per heavy atom. The molecule has 3 amide bonds. The lowest BCUT2D eigenvalue weighted by molar-refractivity contribution is 0.140. The summed E-state index contributed by atoms with van der Waals surface area (Å²) in [5, 5.41) is 2.73. The van der Waals surface area contributed by atoms with E-state index in [4.69, 9.17) is 14.2 Å². The van der Waals surface area contributed by atoms with E-state index in [2.05, 4.69) is 29.6 Å². The van der Waals surface area contributed by atoms with Gasteiger partial charge in [0.1, 0.15) is 12.4 Å². The van der Waals surface area contributed by atoms with Gasteiger partial charge in [0.15, 0.2) is 5.75 Å². The molecule has 0 spiro atoms. The highest BCUT2D eigenvalue weighted by molar-refractivity contribution is 5.88. The summed E-state index contributed by atoms with van der Waals surface area (Å²) in [5.41, 5.74) is 4.76. The summed E-state index contributed by atoms with van der Waals surface area (Å²) in [6.45, 7) is 2.66. The number of nitrogens with one attached hydrogen (secondary N) is 1. The van der Waals surface area contributed by atoms with E-state index < -0.39 is 18.3 Å². The second-order valence-electron chi connectivity index (χ2n) is 10.9. The average Bonchev–Trinajstić information content (AvgIpc) is 3.35. The smallest absolute Gasteiger partial charge is 0.415 e. The van der Waals surface area contributed by atoms with Gasteiger partial charge in [0.25, 0.3) is 0 Å². The SMILES string of the molecule is O=C(Nc1ccc(OC(=O)N2CCCCC2)cc1OC(=O)N1CCCCC1)OCC1c2ccccc2-c2ccccc21. The van der Waals surface area contributed by atoms with Crippen LogP contribution in [-0.4, -0.2) is 60.9 Å². The summed E-state index contributed by atoms with van der Waals surface area (Å²) in [4.78, 5) is 42.0. The van der Waals surface area contributed by atoms with Crippen molar-refractivity contribution in [3.05, 3.63) is 77.9 Å². The molecule has 0 atom stereocenters. The highest BCUT2D eigenvalue weighted by atomic mass is 16.6. The number of anilines is 1. The van der Waals surface area contributed by atoms with Gasteiger partial charge >= 0.3 is 18.3 Å². The van der Waals surface area contributed by atoms with Crippen molar-refractivity contribution in [2.75, 3.05) is 38.1 Å². The van der Waals surface area contributed by atoms with Gasteiger partial charge in [-0.3, -0.25) is 5.32 Å². The van der Waals surface area contributed by atoms with Crippen molar-refractivity contribution in [1.82, 2.24) is 9.80 Å². The summed E-state index contributed by atoms with van der Waals surface area (Å²) in [6, 6.07) is 20.8. The fraction of sp³-hybridized carbons (Fsp3) is 0.364. The number of carbonyl (C=O) groups excluding carboxylic acids is 3. The van der Waals surface area contributed by atoms with Crippen LogP contribution in [0.2, 0.25) is 0 Å². The van der Waals surface area contributed by atoms with Gasteiger partial charge in [-0.2, -0.15) is 0 Å². The molecular formula is C33H35N3O6. The molecule has 2 aliphatic heterocycles. The molecule has 6 rings (SSSR count). The monoisotopic (exact) mass is 569 g/mol. The van der Waals surface area contributed by atoms with E-state index >= 15 is 0 Å². The summed E-state index contributed by atoms with van der Waals surface area (Å²) >= 11 is 0. The highest BCUT2D eigenvalue weighted by Gasteiger charge is 2.29. The highest BCUT2D eigenvalue weighted by Crippen LogP contribution is 2.44. The van der Waals surface area contributed by atoms with Crippen LogP contribution in [0, 0.1) is 0 Å². The third-order valence-electron chi connectivity index (χ3n) is 8.16. The van der Waals surface area contributed by atoms with Crippen LogP contribution in [0.15, 0.2) is 66.7 Å². The Hall–Kier alpha value is -4.53. The summed E-state index contributed by atoms with van der Waals surface area (Å²) in [5.74, 6) is 0.226. The third kappa shape index (κ3) is 6.05. The molecule has 2 heterocycles. The molecule has 2 fully saturated rings. The zero-order valence-electron chi connectivity index (χ0n) is 23.6. The van der Waals surface area contributed by atoms with E-state index in [1.807, 2.05) is 24.3 Å². The van der Waals surface area contributed by atoms with Crippen LogP contribution in [0.1, 0.15) is 55.6 Å². The van der Waals surface area contributed by atoms with E-state index in [0.717, 1.165) is 60.8 Å². The predicted molar refractivity (Wildman–Crippen MR) is 158 cm³/mol. The molecule has 0 radical (unpaired) electrons. The van der Waals surface area contributed by atoms with Gasteiger partial charge in [0.2, 0.25) is 0 Å². The lowest BCUT2D eigenvalue weighted by atomic mass is 9.98. The standard InChI is InChI=1S/C33H35N3O6/c37-31(40-22-28-26-13-5-3-11-24(26)25-12-4-6-14-27(25)28)34-29-16-15-23(41-32(38)35-17-7-1-8-18-35)21-30(29)42-33(39)36-19-9-2-10-20-36/h3-6,11-16,21,28H,1-2,7-10,17-20,22H2,(H,34,37). The Balaban J connectivity index is 1.16. The Labute approximate surface area is 245 Å². The predicted octanol–water partition coefficient (Wildman–Crippen LogP) is 7.02. The van der Waals surface area contributed by atoms with Crippen LogP contribution in [-0.2, 0) is 4.74 Å². The molecule has 1 N–H and O–H groups in total. The quantitative estimate of drug-likeness (QED) is 0.355. The van der Waals surface area contributed by atoms with Crippen molar-refractivity contribution >= 4 is 24.0 Å². The number of piperidine rings is 2. The number of fused-ring (bicyclic) bond motifs is 3. The first-order valence-electron chi connectivity index (χ1n) is 14.8.